The Bertz CT molecular complexity index is 508. The number of nitrogens with one attached hydrogen (secondary N) is 1. The Balaban J connectivity index is 2.91. The summed E-state index contributed by atoms with van der Waals surface area (Å²) in [5, 5.41) is 11.2. The molecular weight excluding hydrogens is 288 g/mol. The zero-order chi connectivity index (χ0) is 15.1. The minimum atomic E-state index is -2.66. The van der Waals surface area contributed by atoms with E-state index in [1.807, 2.05) is 0 Å². The van der Waals surface area contributed by atoms with E-state index in [9.17, 15) is 18.4 Å². The average Bonchev–Trinajstić information content (AvgIpc) is 2.37. The number of hydrogen-bond donors (Lipinski definition) is 2. The minimum absolute atomic E-state index is 0.0214. The van der Waals surface area contributed by atoms with Gasteiger partial charge in [-0.2, -0.15) is 8.78 Å². The summed E-state index contributed by atoms with van der Waals surface area (Å²) < 4.78 is 24.8. The molecule has 0 spiro atoms. The lowest BCUT2D eigenvalue weighted by Gasteiger charge is -2.14. The van der Waals surface area contributed by atoms with Crippen LogP contribution >= 0.6 is 11.8 Å². The van der Waals surface area contributed by atoms with E-state index in [4.69, 9.17) is 5.11 Å². The summed E-state index contributed by atoms with van der Waals surface area (Å²) in [7, 11) is 0. The molecule has 0 aliphatic carbocycles. The second-order valence-corrected chi connectivity index (χ2v) is 4.80. The number of amides is 1. The maximum Gasteiger partial charge on any atom is 0.326 e. The average molecular weight is 301 g/mol. The molecule has 0 bridgehead atoms. The normalized spacial score (nSPS) is 11.9. The maximum atomic E-state index is 12.4. The van der Waals surface area contributed by atoms with Crippen molar-refractivity contribution in [1.29, 1.82) is 0 Å². The van der Waals surface area contributed by atoms with Crippen LogP contribution in [0.5, 0.6) is 0 Å². The van der Waals surface area contributed by atoms with Crippen LogP contribution in [0.25, 0.3) is 0 Å². The molecule has 0 fully saturated rings. The number of rotatable bonds is 7. The van der Waals surface area contributed by atoms with Crippen LogP contribution < -0.4 is 5.32 Å². The highest BCUT2D eigenvalue weighted by Crippen LogP contribution is 2.28. The van der Waals surface area contributed by atoms with Crippen LogP contribution in [0.3, 0.4) is 0 Å². The molecule has 4 nitrogen and oxygen atoms in total. The number of carbonyl (C=O) groups excluding carboxylic acids is 1. The number of hydrogen-bond acceptors (Lipinski definition) is 3. The topological polar surface area (TPSA) is 66.4 Å². The second-order valence-electron chi connectivity index (χ2n) is 3.76. The molecule has 1 unspecified atom stereocenters. The standard InChI is InChI=1S/C13H13F2NO3S/c1-2-5-9(12(18)19)16-11(17)8-6-3-4-7-10(8)20-13(14)15/h2-4,6-7,9,13H,1,5H2,(H,16,17)(H,18,19). The van der Waals surface area contributed by atoms with Gasteiger partial charge in [-0.25, -0.2) is 4.79 Å². The van der Waals surface area contributed by atoms with Gasteiger partial charge < -0.3 is 10.4 Å². The Labute approximate surface area is 118 Å². The maximum absolute atomic E-state index is 12.4. The zero-order valence-electron chi connectivity index (χ0n) is 10.4. The highest BCUT2D eigenvalue weighted by atomic mass is 32.2. The molecule has 108 valence electrons. The summed E-state index contributed by atoms with van der Waals surface area (Å²) in [6.45, 7) is 3.40. The number of benzene rings is 1. The van der Waals surface area contributed by atoms with Crippen molar-refractivity contribution in [2.75, 3.05) is 0 Å². The third-order valence-corrected chi connectivity index (χ3v) is 3.14. The Kier molecular flexibility index (Phi) is 6.17. The summed E-state index contributed by atoms with van der Waals surface area (Å²) in [5.74, 6) is -4.58. The number of alkyl halides is 2. The van der Waals surface area contributed by atoms with Gasteiger partial charge in [0.25, 0.3) is 11.7 Å². The molecule has 7 heteroatoms. The first kappa shape index (κ1) is 16.2. The van der Waals surface area contributed by atoms with Crippen molar-refractivity contribution in [1.82, 2.24) is 5.32 Å². The van der Waals surface area contributed by atoms with Gasteiger partial charge in [-0.1, -0.05) is 30.0 Å². The van der Waals surface area contributed by atoms with E-state index in [1.165, 1.54) is 30.3 Å². The molecule has 2 N–H and O–H groups in total. The van der Waals surface area contributed by atoms with Gasteiger partial charge in [0.15, 0.2) is 0 Å². The van der Waals surface area contributed by atoms with Crippen molar-refractivity contribution in [3.8, 4) is 0 Å². The number of carboxylic acids is 1. The largest absolute Gasteiger partial charge is 0.480 e. The number of carbonyl (C=O) groups is 2. The molecule has 1 amide bonds. The Hall–Kier alpha value is -1.89. The van der Waals surface area contributed by atoms with E-state index in [2.05, 4.69) is 11.9 Å². The molecule has 0 aliphatic heterocycles. The van der Waals surface area contributed by atoms with E-state index in [1.54, 1.807) is 0 Å². The third-order valence-electron chi connectivity index (χ3n) is 2.35. The third kappa shape index (κ3) is 4.65. The van der Waals surface area contributed by atoms with Gasteiger partial charge in [0.05, 0.1) is 5.56 Å². The minimum Gasteiger partial charge on any atom is -0.480 e. The molecule has 0 saturated heterocycles. The Morgan fingerprint density at radius 1 is 1.40 bits per heavy atom. The van der Waals surface area contributed by atoms with Crippen LogP contribution in [0.2, 0.25) is 0 Å². The molecule has 0 aromatic heterocycles. The van der Waals surface area contributed by atoms with Crippen molar-refractivity contribution in [3.05, 3.63) is 42.5 Å². The Morgan fingerprint density at radius 3 is 2.60 bits per heavy atom. The quantitative estimate of drug-likeness (QED) is 0.600. The van der Waals surface area contributed by atoms with Crippen LogP contribution in [0.1, 0.15) is 16.8 Å². The van der Waals surface area contributed by atoms with E-state index in [0.29, 0.717) is 0 Å². The predicted octanol–water partition coefficient (Wildman–Crippen LogP) is 2.76. The molecule has 1 aromatic rings. The molecular formula is C13H13F2NO3S. The zero-order valence-corrected chi connectivity index (χ0v) is 11.2. The number of aliphatic carboxylic acids is 1. The Morgan fingerprint density at radius 2 is 2.05 bits per heavy atom. The predicted molar refractivity (Wildman–Crippen MR) is 72.0 cm³/mol. The molecule has 20 heavy (non-hydrogen) atoms. The highest BCUT2D eigenvalue weighted by molar-refractivity contribution is 7.99. The van der Waals surface area contributed by atoms with Crippen molar-refractivity contribution in [2.45, 2.75) is 23.1 Å². The van der Waals surface area contributed by atoms with E-state index >= 15 is 0 Å². The van der Waals surface area contributed by atoms with Crippen molar-refractivity contribution < 1.29 is 23.5 Å². The molecule has 0 heterocycles. The van der Waals surface area contributed by atoms with Crippen LogP contribution in [0.4, 0.5) is 8.78 Å². The van der Waals surface area contributed by atoms with Crippen molar-refractivity contribution in [3.63, 3.8) is 0 Å². The van der Waals surface area contributed by atoms with Crippen molar-refractivity contribution in [2.24, 2.45) is 0 Å². The lowest BCUT2D eigenvalue weighted by Crippen LogP contribution is -2.40. The molecule has 0 radical (unpaired) electrons. The smallest absolute Gasteiger partial charge is 0.326 e. The van der Waals surface area contributed by atoms with Crippen molar-refractivity contribution >= 4 is 23.6 Å². The van der Waals surface area contributed by atoms with Crippen LogP contribution in [-0.2, 0) is 4.79 Å². The second kappa shape index (κ2) is 7.64. The van der Waals surface area contributed by atoms with Crippen LogP contribution in [0, 0.1) is 0 Å². The van der Waals surface area contributed by atoms with Crippen LogP contribution in [-0.4, -0.2) is 28.8 Å². The fraction of sp³-hybridized carbons (Fsp3) is 0.231. The molecule has 1 aromatic carbocycles. The summed E-state index contributed by atoms with van der Waals surface area (Å²) in [5.41, 5.74) is 0.0214. The van der Waals surface area contributed by atoms with Gasteiger partial charge in [-0.15, -0.1) is 6.58 Å². The first-order valence-electron chi connectivity index (χ1n) is 5.64. The number of halogens is 2. The van der Waals surface area contributed by atoms with Gasteiger partial charge >= 0.3 is 5.97 Å². The van der Waals surface area contributed by atoms with E-state index in [-0.39, 0.29) is 28.6 Å². The summed E-state index contributed by atoms with van der Waals surface area (Å²) in [6.07, 6.45) is 1.41. The molecule has 1 rings (SSSR count). The number of thioether (sulfide) groups is 1. The van der Waals surface area contributed by atoms with Crippen LogP contribution in [0.15, 0.2) is 41.8 Å². The molecule has 0 aliphatic rings. The van der Waals surface area contributed by atoms with Gasteiger partial charge in [0, 0.05) is 4.90 Å². The molecule has 1 atom stereocenters. The lowest BCUT2D eigenvalue weighted by atomic mass is 10.1. The molecule has 0 saturated carbocycles. The SMILES string of the molecule is C=CCC(NC(=O)c1ccccc1SC(F)F)C(=O)O. The highest BCUT2D eigenvalue weighted by Gasteiger charge is 2.21. The summed E-state index contributed by atoms with van der Waals surface area (Å²) in [4.78, 5) is 23.0. The van der Waals surface area contributed by atoms with Gasteiger partial charge in [-0.05, 0) is 18.6 Å². The van der Waals surface area contributed by atoms with E-state index < -0.39 is 23.7 Å². The monoisotopic (exact) mass is 301 g/mol. The van der Waals surface area contributed by atoms with Gasteiger partial charge in [0.1, 0.15) is 6.04 Å². The van der Waals surface area contributed by atoms with Gasteiger partial charge in [0.2, 0.25) is 0 Å². The summed E-state index contributed by atoms with van der Waals surface area (Å²) in [6, 6.07) is 4.67. The first-order chi connectivity index (χ1) is 9.45. The lowest BCUT2D eigenvalue weighted by molar-refractivity contribution is -0.139. The fourth-order valence-corrected chi connectivity index (χ4v) is 2.11. The van der Waals surface area contributed by atoms with E-state index in [0.717, 1.165) is 0 Å². The fourth-order valence-electron chi connectivity index (χ4n) is 1.48. The first-order valence-corrected chi connectivity index (χ1v) is 6.52. The number of carboxylic acid groups (broad SMARTS) is 1. The summed E-state index contributed by atoms with van der Waals surface area (Å²) >= 11 is 0.240. The van der Waals surface area contributed by atoms with Gasteiger partial charge in [-0.3, -0.25) is 4.79 Å².